The number of ether oxygens (including phenoxy) is 2. The number of likely N-dealkylation sites (N-methyl/N-ethyl adjacent to an activating group) is 1. The molecule has 2 rings (SSSR count). The van der Waals surface area contributed by atoms with Crippen LogP contribution in [0.2, 0.25) is 0 Å². The molecule has 94 valence electrons. The molecule has 3 nitrogen and oxygen atoms in total. The molecule has 1 saturated heterocycles. The standard InChI is InChI=1S/C13H19NO2S/c1-14-13(12-9-17-7-6-16-12)10-4-3-5-11(8-10)15-2/h3-5,8,12-14H,6-7,9H2,1-2H3. The first-order valence-electron chi connectivity index (χ1n) is 5.85. The van der Waals surface area contributed by atoms with Gasteiger partial charge in [-0.25, -0.2) is 0 Å². The van der Waals surface area contributed by atoms with Gasteiger partial charge in [0, 0.05) is 11.5 Å². The lowest BCUT2D eigenvalue weighted by molar-refractivity contribution is 0.0488. The molecule has 1 fully saturated rings. The first kappa shape index (κ1) is 12.7. The van der Waals surface area contributed by atoms with Crippen molar-refractivity contribution in [3.63, 3.8) is 0 Å². The highest BCUT2D eigenvalue weighted by atomic mass is 32.2. The fourth-order valence-electron chi connectivity index (χ4n) is 2.10. The van der Waals surface area contributed by atoms with Crippen molar-refractivity contribution in [3.05, 3.63) is 29.8 Å². The van der Waals surface area contributed by atoms with Crippen molar-refractivity contribution in [1.82, 2.24) is 5.32 Å². The third-order valence-electron chi connectivity index (χ3n) is 2.98. The van der Waals surface area contributed by atoms with Gasteiger partial charge in [0.05, 0.1) is 25.9 Å². The largest absolute Gasteiger partial charge is 0.497 e. The molecule has 2 unspecified atom stereocenters. The molecule has 0 amide bonds. The summed E-state index contributed by atoms with van der Waals surface area (Å²) in [5.41, 5.74) is 1.22. The number of methoxy groups -OCH3 is 1. The van der Waals surface area contributed by atoms with Gasteiger partial charge in [-0.15, -0.1) is 0 Å². The molecule has 1 aromatic carbocycles. The van der Waals surface area contributed by atoms with Crippen LogP contribution in [0.15, 0.2) is 24.3 Å². The van der Waals surface area contributed by atoms with Crippen LogP contribution in [-0.2, 0) is 4.74 Å². The number of hydrogen-bond donors (Lipinski definition) is 1. The van der Waals surface area contributed by atoms with Crippen LogP contribution in [-0.4, -0.2) is 38.4 Å². The molecule has 4 heteroatoms. The van der Waals surface area contributed by atoms with Crippen molar-refractivity contribution in [1.29, 1.82) is 0 Å². The normalized spacial score (nSPS) is 22.1. The fraction of sp³-hybridized carbons (Fsp3) is 0.538. The van der Waals surface area contributed by atoms with Crippen molar-refractivity contribution in [3.8, 4) is 5.75 Å². The first-order chi connectivity index (χ1) is 8.35. The average molecular weight is 253 g/mol. The van der Waals surface area contributed by atoms with E-state index in [4.69, 9.17) is 9.47 Å². The molecule has 1 heterocycles. The van der Waals surface area contributed by atoms with Gasteiger partial charge >= 0.3 is 0 Å². The molecule has 0 spiro atoms. The predicted molar refractivity (Wildman–Crippen MR) is 71.9 cm³/mol. The van der Waals surface area contributed by atoms with E-state index in [0.29, 0.717) is 0 Å². The molecule has 1 aromatic rings. The summed E-state index contributed by atoms with van der Waals surface area (Å²) < 4.78 is 11.1. The van der Waals surface area contributed by atoms with Crippen molar-refractivity contribution in [2.75, 3.05) is 32.3 Å². The van der Waals surface area contributed by atoms with E-state index >= 15 is 0 Å². The Morgan fingerprint density at radius 2 is 2.41 bits per heavy atom. The van der Waals surface area contributed by atoms with E-state index < -0.39 is 0 Å². The topological polar surface area (TPSA) is 30.5 Å². The lowest BCUT2D eigenvalue weighted by atomic mass is 10.0. The Bertz CT molecular complexity index is 353. The number of thioether (sulfide) groups is 1. The first-order valence-corrected chi connectivity index (χ1v) is 7.01. The van der Waals surface area contributed by atoms with E-state index in [-0.39, 0.29) is 12.1 Å². The summed E-state index contributed by atoms with van der Waals surface area (Å²) in [6, 6.07) is 8.41. The van der Waals surface area contributed by atoms with Gasteiger partial charge in [0.1, 0.15) is 5.75 Å². The van der Waals surface area contributed by atoms with Gasteiger partial charge in [-0.1, -0.05) is 12.1 Å². The Hall–Kier alpha value is -0.710. The monoisotopic (exact) mass is 253 g/mol. The Kier molecular flexibility index (Phi) is 4.71. The smallest absolute Gasteiger partial charge is 0.119 e. The lowest BCUT2D eigenvalue weighted by Crippen LogP contribution is -2.36. The van der Waals surface area contributed by atoms with Gasteiger partial charge in [-0.3, -0.25) is 0 Å². The second kappa shape index (κ2) is 6.28. The summed E-state index contributed by atoms with van der Waals surface area (Å²) in [4.78, 5) is 0. The van der Waals surface area contributed by atoms with E-state index in [1.807, 2.05) is 30.9 Å². The summed E-state index contributed by atoms with van der Waals surface area (Å²) in [5.74, 6) is 3.04. The highest BCUT2D eigenvalue weighted by Gasteiger charge is 2.25. The predicted octanol–water partition coefficient (Wildman–Crippen LogP) is 2.09. The third-order valence-corrected chi connectivity index (χ3v) is 4.00. The minimum atomic E-state index is 0.234. The lowest BCUT2D eigenvalue weighted by Gasteiger charge is -2.30. The molecule has 0 radical (unpaired) electrons. The van der Waals surface area contributed by atoms with Crippen molar-refractivity contribution < 1.29 is 9.47 Å². The minimum Gasteiger partial charge on any atom is -0.497 e. The zero-order chi connectivity index (χ0) is 12.1. The van der Waals surface area contributed by atoms with E-state index in [1.54, 1.807) is 7.11 Å². The maximum Gasteiger partial charge on any atom is 0.119 e. The second-order valence-corrected chi connectivity index (χ2v) is 5.18. The molecular weight excluding hydrogens is 234 g/mol. The van der Waals surface area contributed by atoms with Gasteiger partial charge in [-0.05, 0) is 24.7 Å². The molecule has 0 aromatic heterocycles. The SMILES string of the molecule is CNC(c1cccc(OC)c1)C1CSCCO1. The zero-order valence-corrected chi connectivity index (χ0v) is 11.1. The molecule has 2 atom stereocenters. The Morgan fingerprint density at radius 1 is 1.53 bits per heavy atom. The summed E-state index contributed by atoms with van der Waals surface area (Å²) >= 11 is 1.96. The summed E-state index contributed by atoms with van der Waals surface area (Å²) in [6.07, 6.45) is 0.242. The van der Waals surface area contributed by atoms with Gasteiger partial charge < -0.3 is 14.8 Å². The van der Waals surface area contributed by atoms with Crippen LogP contribution in [0.3, 0.4) is 0 Å². The summed E-state index contributed by atoms with van der Waals surface area (Å²) in [7, 11) is 3.67. The number of nitrogens with one attached hydrogen (secondary N) is 1. The van der Waals surface area contributed by atoms with Crippen LogP contribution >= 0.6 is 11.8 Å². The molecular formula is C13H19NO2S. The fourth-order valence-corrected chi connectivity index (χ4v) is 3.00. The third kappa shape index (κ3) is 3.15. The number of benzene rings is 1. The summed E-state index contributed by atoms with van der Waals surface area (Å²) in [6.45, 7) is 0.845. The van der Waals surface area contributed by atoms with Crippen LogP contribution in [0.1, 0.15) is 11.6 Å². The Morgan fingerprint density at radius 3 is 3.06 bits per heavy atom. The van der Waals surface area contributed by atoms with E-state index in [9.17, 15) is 0 Å². The maximum atomic E-state index is 5.83. The summed E-state index contributed by atoms with van der Waals surface area (Å²) in [5, 5.41) is 3.35. The van der Waals surface area contributed by atoms with Crippen LogP contribution < -0.4 is 10.1 Å². The molecule has 1 N–H and O–H groups in total. The van der Waals surface area contributed by atoms with Gasteiger partial charge in [0.25, 0.3) is 0 Å². The Balaban J connectivity index is 2.15. The average Bonchev–Trinajstić information content (AvgIpc) is 2.41. The molecule has 17 heavy (non-hydrogen) atoms. The van der Waals surface area contributed by atoms with Crippen LogP contribution in [0.4, 0.5) is 0 Å². The van der Waals surface area contributed by atoms with Gasteiger partial charge in [0.15, 0.2) is 0 Å². The zero-order valence-electron chi connectivity index (χ0n) is 10.3. The van der Waals surface area contributed by atoms with Crippen molar-refractivity contribution in [2.45, 2.75) is 12.1 Å². The van der Waals surface area contributed by atoms with Gasteiger partial charge in [0.2, 0.25) is 0 Å². The van der Waals surface area contributed by atoms with Gasteiger partial charge in [-0.2, -0.15) is 11.8 Å². The molecule has 0 saturated carbocycles. The van der Waals surface area contributed by atoms with Crippen LogP contribution in [0.25, 0.3) is 0 Å². The number of rotatable bonds is 4. The molecule has 1 aliphatic rings. The number of hydrogen-bond acceptors (Lipinski definition) is 4. The quantitative estimate of drug-likeness (QED) is 0.890. The molecule has 1 aliphatic heterocycles. The van der Waals surface area contributed by atoms with Crippen molar-refractivity contribution >= 4 is 11.8 Å². The van der Waals surface area contributed by atoms with E-state index in [1.165, 1.54) is 5.56 Å². The Labute approximate surface area is 107 Å². The van der Waals surface area contributed by atoms with Crippen LogP contribution in [0, 0.1) is 0 Å². The second-order valence-electron chi connectivity index (χ2n) is 4.03. The van der Waals surface area contributed by atoms with Crippen LogP contribution in [0.5, 0.6) is 5.75 Å². The van der Waals surface area contributed by atoms with Crippen molar-refractivity contribution in [2.24, 2.45) is 0 Å². The molecule has 0 bridgehead atoms. The molecule has 0 aliphatic carbocycles. The minimum absolute atomic E-state index is 0.234. The van der Waals surface area contributed by atoms with E-state index in [2.05, 4.69) is 17.4 Å². The van der Waals surface area contributed by atoms with E-state index in [0.717, 1.165) is 23.9 Å². The highest BCUT2D eigenvalue weighted by Crippen LogP contribution is 2.27. The maximum absolute atomic E-state index is 5.83. The highest BCUT2D eigenvalue weighted by molar-refractivity contribution is 7.99.